The van der Waals surface area contributed by atoms with Crippen molar-refractivity contribution in [3.8, 4) is 11.8 Å². The Hall–Kier alpha value is -2.09. The number of hydrogen-bond donors (Lipinski definition) is 1. The SMILES string of the molecule is CC(=O)OCc1c(C#N)cnc(C)c1O. The molecule has 0 atom stereocenters. The molecule has 1 aromatic heterocycles. The first-order valence-corrected chi connectivity index (χ1v) is 4.27. The Morgan fingerprint density at radius 2 is 2.40 bits per heavy atom. The molecule has 1 rings (SSSR count). The summed E-state index contributed by atoms with van der Waals surface area (Å²) in [6, 6.07) is 1.87. The molecule has 0 aliphatic rings. The quantitative estimate of drug-likeness (QED) is 0.730. The van der Waals surface area contributed by atoms with Crippen molar-refractivity contribution in [2.45, 2.75) is 20.5 Å². The van der Waals surface area contributed by atoms with Crippen molar-refractivity contribution < 1.29 is 14.6 Å². The number of aromatic nitrogens is 1. The smallest absolute Gasteiger partial charge is 0.302 e. The van der Waals surface area contributed by atoms with Crippen molar-refractivity contribution in [1.82, 2.24) is 4.98 Å². The van der Waals surface area contributed by atoms with Crippen LogP contribution in [0.1, 0.15) is 23.7 Å². The number of hydrogen-bond acceptors (Lipinski definition) is 5. The molecule has 0 bridgehead atoms. The van der Waals surface area contributed by atoms with Crippen molar-refractivity contribution >= 4 is 5.97 Å². The van der Waals surface area contributed by atoms with E-state index < -0.39 is 5.97 Å². The minimum atomic E-state index is -0.465. The van der Waals surface area contributed by atoms with Crippen LogP contribution in [0.4, 0.5) is 0 Å². The van der Waals surface area contributed by atoms with Crippen LogP contribution in [-0.4, -0.2) is 16.1 Å². The lowest BCUT2D eigenvalue weighted by molar-refractivity contribution is -0.142. The van der Waals surface area contributed by atoms with E-state index in [2.05, 4.69) is 4.98 Å². The van der Waals surface area contributed by atoms with Gasteiger partial charge in [-0.25, -0.2) is 0 Å². The average Bonchev–Trinajstić information content (AvgIpc) is 2.20. The first-order valence-electron chi connectivity index (χ1n) is 4.27. The number of esters is 1. The fourth-order valence-electron chi connectivity index (χ4n) is 1.06. The molecule has 0 amide bonds. The monoisotopic (exact) mass is 206 g/mol. The lowest BCUT2D eigenvalue weighted by atomic mass is 10.1. The maximum atomic E-state index is 10.6. The van der Waals surface area contributed by atoms with E-state index in [9.17, 15) is 9.90 Å². The molecule has 0 spiro atoms. The van der Waals surface area contributed by atoms with E-state index in [-0.39, 0.29) is 17.9 Å². The average molecular weight is 206 g/mol. The van der Waals surface area contributed by atoms with Crippen molar-refractivity contribution in [1.29, 1.82) is 5.26 Å². The Labute approximate surface area is 86.9 Å². The van der Waals surface area contributed by atoms with Crippen LogP contribution in [-0.2, 0) is 16.1 Å². The van der Waals surface area contributed by atoms with Gasteiger partial charge in [-0.3, -0.25) is 9.78 Å². The Balaban J connectivity index is 3.08. The number of carbonyl (C=O) groups is 1. The fraction of sp³-hybridized carbons (Fsp3) is 0.300. The van der Waals surface area contributed by atoms with Gasteiger partial charge in [0.1, 0.15) is 18.4 Å². The van der Waals surface area contributed by atoms with Gasteiger partial charge in [0.25, 0.3) is 0 Å². The van der Waals surface area contributed by atoms with Crippen LogP contribution in [0.3, 0.4) is 0 Å². The number of nitrogens with zero attached hydrogens (tertiary/aromatic N) is 2. The van der Waals surface area contributed by atoms with E-state index in [1.165, 1.54) is 13.1 Å². The van der Waals surface area contributed by atoms with E-state index in [1.54, 1.807) is 6.92 Å². The Kier molecular flexibility index (Phi) is 3.24. The van der Waals surface area contributed by atoms with Crippen LogP contribution >= 0.6 is 0 Å². The molecular weight excluding hydrogens is 196 g/mol. The largest absolute Gasteiger partial charge is 0.506 e. The predicted molar refractivity (Wildman–Crippen MR) is 50.8 cm³/mol. The summed E-state index contributed by atoms with van der Waals surface area (Å²) in [5.41, 5.74) is 0.899. The molecule has 0 saturated heterocycles. The van der Waals surface area contributed by atoms with E-state index in [4.69, 9.17) is 10.00 Å². The van der Waals surface area contributed by atoms with Gasteiger partial charge in [-0.1, -0.05) is 0 Å². The molecule has 1 N–H and O–H groups in total. The zero-order chi connectivity index (χ0) is 11.4. The lowest BCUT2D eigenvalue weighted by Crippen LogP contribution is -2.02. The van der Waals surface area contributed by atoms with Crippen LogP contribution in [0.5, 0.6) is 5.75 Å². The van der Waals surface area contributed by atoms with Gasteiger partial charge in [0.2, 0.25) is 0 Å². The third-order valence-corrected chi connectivity index (χ3v) is 1.88. The summed E-state index contributed by atoms with van der Waals surface area (Å²) >= 11 is 0. The second kappa shape index (κ2) is 4.42. The number of nitriles is 1. The van der Waals surface area contributed by atoms with Gasteiger partial charge in [-0.15, -0.1) is 0 Å². The zero-order valence-electron chi connectivity index (χ0n) is 8.44. The van der Waals surface area contributed by atoms with Gasteiger partial charge in [-0.05, 0) is 6.92 Å². The molecule has 78 valence electrons. The summed E-state index contributed by atoms with van der Waals surface area (Å²) in [5.74, 6) is -0.567. The van der Waals surface area contributed by atoms with Gasteiger partial charge in [0, 0.05) is 13.1 Å². The normalized spacial score (nSPS) is 9.40. The van der Waals surface area contributed by atoms with Crippen LogP contribution in [0.2, 0.25) is 0 Å². The summed E-state index contributed by atoms with van der Waals surface area (Å²) in [6.45, 7) is 2.75. The lowest BCUT2D eigenvalue weighted by Gasteiger charge is -2.08. The molecule has 5 nitrogen and oxygen atoms in total. The molecule has 0 aliphatic heterocycles. The highest BCUT2D eigenvalue weighted by molar-refractivity contribution is 5.66. The molecule has 15 heavy (non-hydrogen) atoms. The number of rotatable bonds is 2. The number of ether oxygens (including phenoxy) is 1. The topological polar surface area (TPSA) is 83.2 Å². The van der Waals surface area contributed by atoms with Gasteiger partial charge in [-0.2, -0.15) is 5.26 Å². The second-order valence-electron chi connectivity index (χ2n) is 2.98. The Bertz CT molecular complexity index is 435. The Morgan fingerprint density at radius 3 is 2.93 bits per heavy atom. The molecule has 0 aromatic carbocycles. The molecule has 0 unspecified atom stereocenters. The van der Waals surface area contributed by atoms with Crippen LogP contribution in [0.25, 0.3) is 0 Å². The number of aryl methyl sites for hydroxylation is 1. The molecule has 1 aromatic rings. The summed E-state index contributed by atoms with van der Waals surface area (Å²) in [7, 11) is 0. The maximum absolute atomic E-state index is 10.6. The third kappa shape index (κ3) is 2.44. The highest BCUT2D eigenvalue weighted by Crippen LogP contribution is 2.23. The first-order chi connectivity index (χ1) is 7.06. The van der Waals surface area contributed by atoms with Crippen molar-refractivity contribution in [3.05, 3.63) is 23.0 Å². The summed E-state index contributed by atoms with van der Waals surface area (Å²) in [6.07, 6.45) is 1.34. The van der Waals surface area contributed by atoms with E-state index in [0.29, 0.717) is 11.3 Å². The zero-order valence-corrected chi connectivity index (χ0v) is 8.44. The highest BCUT2D eigenvalue weighted by atomic mass is 16.5. The molecule has 0 fully saturated rings. The molecule has 0 saturated carbocycles. The maximum Gasteiger partial charge on any atom is 0.302 e. The molecule has 0 aliphatic carbocycles. The van der Waals surface area contributed by atoms with Gasteiger partial charge in [0.15, 0.2) is 0 Å². The summed E-state index contributed by atoms with van der Waals surface area (Å²) < 4.78 is 4.73. The predicted octanol–water partition coefficient (Wildman–Crippen LogP) is 1.03. The van der Waals surface area contributed by atoms with E-state index >= 15 is 0 Å². The van der Waals surface area contributed by atoms with Crippen LogP contribution in [0.15, 0.2) is 6.20 Å². The van der Waals surface area contributed by atoms with Gasteiger partial charge >= 0.3 is 5.97 Å². The molecule has 5 heteroatoms. The highest BCUT2D eigenvalue weighted by Gasteiger charge is 2.12. The summed E-state index contributed by atoms with van der Waals surface area (Å²) in [5, 5.41) is 18.4. The van der Waals surface area contributed by atoms with Crippen molar-refractivity contribution in [3.63, 3.8) is 0 Å². The second-order valence-corrected chi connectivity index (χ2v) is 2.98. The fourth-order valence-corrected chi connectivity index (χ4v) is 1.06. The molecular formula is C10H10N2O3. The minimum Gasteiger partial charge on any atom is -0.506 e. The molecule has 0 radical (unpaired) electrons. The van der Waals surface area contributed by atoms with Crippen molar-refractivity contribution in [2.24, 2.45) is 0 Å². The van der Waals surface area contributed by atoms with Gasteiger partial charge < -0.3 is 9.84 Å². The molecule has 1 heterocycles. The minimum absolute atomic E-state index is 0.102. The number of carbonyl (C=O) groups excluding carboxylic acids is 1. The number of aromatic hydroxyl groups is 1. The van der Waals surface area contributed by atoms with Gasteiger partial charge in [0.05, 0.1) is 16.8 Å². The standard InChI is InChI=1S/C10H10N2O3/c1-6-10(14)9(5-15-7(2)13)8(3-11)4-12-6/h4,14H,5H2,1-2H3. The van der Waals surface area contributed by atoms with E-state index in [1.807, 2.05) is 6.07 Å². The number of pyridine rings is 1. The first kappa shape index (κ1) is 11.0. The Morgan fingerprint density at radius 1 is 1.73 bits per heavy atom. The van der Waals surface area contributed by atoms with Crippen molar-refractivity contribution in [2.75, 3.05) is 0 Å². The third-order valence-electron chi connectivity index (χ3n) is 1.88. The summed E-state index contributed by atoms with van der Waals surface area (Å²) in [4.78, 5) is 14.4. The van der Waals surface area contributed by atoms with E-state index in [0.717, 1.165) is 0 Å². The van der Waals surface area contributed by atoms with Crippen LogP contribution < -0.4 is 0 Å². The van der Waals surface area contributed by atoms with Crippen LogP contribution in [0, 0.1) is 18.3 Å².